The van der Waals surface area contributed by atoms with E-state index in [2.05, 4.69) is 6.92 Å². The number of alkyl halides is 2. The molecule has 1 nitrogen and oxygen atoms in total. The van der Waals surface area contributed by atoms with Gasteiger partial charge in [-0.1, -0.05) is 63.3 Å². The molecule has 2 fully saturated rings. The molecule has 0 aromatic heterocycles. The molecule has 0 atom stereocenters. The molecule has 0 heterocycles. The maximum Gasteiger partial charge on any atom is 0.426 e. The van der Waals surface area contributed by atoms with Crippen molar-refractivity contribution in [1.82, 2.24) is 0 Å². The first kappa shape index (κ1) is 20.4. The highest BCUT2D eigenvalue weighted by atomic mass is 19.3. The van der Waals surface area contributed by atoms with Crippen LogP contribution in [-0.2, 0) is 6.11 Å². The second-order valence-electron chi connectivity index (χ2n) is 9.10. The van der Waals surface area contributed by atoms with Gasteiger partial charge in [-0.3, -0.25) is 0 Å². The first-order valence-corrected chi connectivity index (χ1v) is 11.3. The van der Waals surface area contributed by atoms with Gasteiger partial charge in [-0.05, 0) is 78.8 Å². The minimum absolute atomic E-state index is 0.0811. The quantitative estimate of drug-likeness (QED) is 0.494. The molecule has 2 aliphatic rings. The van der Waals surface area contributed by atoms with E-state index in [0.29, 0.717) is 11.8 Å². The number of ether oxygens (including phenoxy) is 1. The third-order valence-corrected chi connectivity index (χ3v) is 6.94. The van der Waals surface area contributed by atoms with Crippen molar-refractivity contribution in [3.63, 3.8) is 0 Å². The Morgan fingerprint density at radius 3 is 1.79 bits per heavy atom. The molecule has 2 aromatic rings. The second-order valence-corrected chi connectivity index (χ2v) is 9.10. The lowest BCUT2D eigenvalue weighted by molar-refractivity contribution is -0.185. The van der Waals surface area contributed by atoms with Crippen LogP contribution in [-0.4, -0.2) is 0 Å². The Morgan fingerprint density at radius 2 is 1.21 bits per heavy atom. The number of hydrogen-bond donors (Lipinski definition) is 0. The van der Waals surface area contributed by atoms with E-state index < -0.39 is 6.11 Å². The lowest BCUT2D eigenvalue weighted by atomic mass is 9.79. The third-order valence-electron chi connectivity index (χ3n) is 6.94. The van der Waals surface area contributed by atoms with E-state index in [4.69, 9.17) is 4.74 Å². The number of hydrogen-bond acceptors (Lipinski definition) is 1. The van der Waals surface area contributed by atoms with Crippen molar-refractivity contribution in [2.45, 2.75) is 82.7 Å². The van der Waals surface area contributed by atoms with Crippen molar-refractivity contribution >= 4 is 0 Å². The van der Waals surface area contributed by atoms with Crippen molar-refractivity contribution in [2.24, 2.45) is 5.92 Å². The van der Waals surface area contributed by atoms with E-state index in [-0.39, 0.29) is 11.3 Å². The van der Waals surface area contributed by atoms with Crippen LogP contribution in [0.15, 0.2) is 48.5 Å². The maximum atomic E-state index is 14.7. The normalized spacial score (nSPS) is 23.7. The van der Waals surface area contributed by atoms with E-state index in [1.165, 1.54) is 81.0 Å². The average molecular weight is 399 g/mol. The molecule has 0 radical (unpaired) electrons. The van der Waals surface area contributed by atoms with Crippen LogP contribution in [0.1, 0.15) is 93.2 Å². The summed E-state index contributed by atoms with van der Waals surface area (Å²) in [6.45, 7) is 2.30. The minimum Gasteiger partial charge on any atom is -0.429 e. The molecule has 4 rings (SSSR count). The maximum absolute atomic E-state index is 14.7. The summed E-state index contributed by atoms with van der Waals surface area (Å²) in [7, 11) is 0. The molecule has 156 valence electrons. The van der Waals surface area contributed by atoms with Crippen LogP contribution in [0, 0.1) is 5.92 Å². The molecule has 2 saturated carbocycles. The van der Waals surface area contributed by atoms with E-state index in [1.54, 1.807) is 12.1 Å². The molecular formula is C26H32F2O. The molecule has 0 amide bonds. The Morgan fingerprint density at radius 1 is 0.690 bits per heavy atom. The van der Waals surface area contributed by atoms with Crippen LogP contribution in [0.4, 0.5) is 8.78 Å². The Hall–Kier alpha value is -1.90. The summed E-state index contributed by atoms with van der Waals surface area (Å²) in [5.41, 5.74) is 2.34. The van der Waals surface area contributed by atoms with Crippen molar-refractivity contribution in [3.8, 4) is 5.75 Å². The van der Waals surface area contributed by atoms with Gasteiger partial charge in [0.15, 0.2) is 0 Å². The van der Waals surface area contributed by atoms with Crippen molar-refractivity contribution in [1.29, 1.82) is 0 Å². The summed E-state index contributed by atoms with van der Waals surface area (Å²) < 4.78 is 34.5. The fraction of sp³-hybridized carbons (Fsp3) is 0.538. The van der Waals surface area contributed by atoms with Gasteiger partial charge in [0.25, 0.3) is 0 Å². The highest BCUT2D eigenvalue weighted by Gasteiger charge is 2.34. The van der Waals surface area contributed by atoms with Crippen LogP contribution in [0.25, 0.3) is 0 Å². The minimum atomic E-state index is -3.33. The van der Waals surface area contributed by atoms with Gasteiger partial charge in [-0.2, -0.15) is 8.78 Å². The Labute approximate surface area is 173 Å². The fourth-order valence-electron chi connectivity index (χ4n) is 4.99. The van der Waals surface area contributed by atoms with Gasteiger partial charge < -0.3 is 4.74 Å². The molecule has 0 aliphatic heterocycles. The van der Waals surface area contributed by atoms with Gasteiger partial charge in [0, 0.05) is 0 Å². The fourth-order valence-corrected chi connectivity index (χ4v) is 4.99. The standard InChI is InChI=1S/C26H32F2O/c1-19-7-9-21(10-8-19)23-13-17-25(18-14-23)29-26(27,28)24-15-11-22(12-16-24)20-5-3-2-4-6-20/h11-21H,2-10H2,1H3. The van der Waals surface area contributed by atoms with Gasteiger partial charge >= 0.3 is 6.11 Å². The first-order chi connectivity index (χ1) is 14.0. The molecule has 2 aliphatic carbocycles. The SMILES string of the molecule is CC1CCC(c2ccc(OC(F)(F)c3ccc(C4CCCCC4)cc3)cc2)CC1. The summed E-state index contributed by atoms with van der Waals surface area (Å²) in [6, 6.07) is 14.1. The predicted molar refractivity (Wildman–Crippen MR) is 114 cm³/mol. The smallest absolute Gasteiger partial charge is 0.426 e. The average Bonchev–Trinajstić information content (AvgIpc) is 2.75. The van der Waals surface area contributed by atoms with Gasteiger partial charge in [0.2, 0.25) is 0 Å². The van der Waals surface area contributed by atoms with Crippen molar-refractivity contribution in [3.05, 3.63) is 65.2 Å². The Bertz CT molecular complexity index is 767. The number of halogens is 2. The van der Waals surface area contributed by atoms with Crippen LogP contribution in [0.2, 0.25) is 0 Å². The Kier molecular flexibility index (Phi) is 6.22. The van der Waals surface area contributed by atoms with E-state index in [9.17, 15) is 8.78 Å². The molecule has 29 heavy (non-hydrogen) atoms. The van der Waals surface area contributed by atoms with Crippen LogP contribution < -0.4 is 4.74 Å². The van der Waals surface area contributed by atoms with Gasteiger partial charge in [0.1, 0.15) is 5.75 Å². The summed E-state index contributed by atoms with van der Waals surface area (Å²) in [5, 5.41) is 0. The van der Waals surface area contributed by atoms with Gasteiger partial charge in [-0.25, -0.2) is 0 Å². The highest BCUT2D eigenvalue weighted by molar-refractivity contribution is 5.32. The van der Waals surface area contributed by atoms with Gasteiger partial charge in [0.05, 0.1) is 5.56 Å². The second kappa shape index (κ2) is 8.85. The molecule has 0 unspecified atom stereocenters. The van der Waals surface area contributed by atoms with Crippen LogP contribution in [0.5, 0.6) is 5.75 Å². The first-order valence-electron chi connectivity index (χ1n) is 11.3. The lowest BCUT2D eigenvalue weighted by Crippen LogP contribution is -2.22. The molecule has 0 bridgehead atoms. The molecule has 3 heteroatoms. The van der Waals surface area contributed by atoms with Gasteiger partial charge in [-0.15, -0.1) is 0 Å². The van der Waals surface area contributed by atoms with Crippen LogP contribution >= 0.6 is 0 Å². The van der Waals surface area contributed by atoms with Crippen molar-refractivity contribution in [2.75, 3.05) is 0 Å². The lowest BCUT2D eigenvalue weighted by Gasteiger charge is -2.26. The van der Waals surface area contributed by atoms with E-state index in [1.807, 2.05) is 24.3 Å². The zero-order valence-electron chi connectivity index (χ0n) is 17.4. The number of benzene rings is 2. The highest BCUT2D eigenvalue weighted by Crippen LogP contribution is 2.38. The third kappa shape index (κ3) is 4.99. The summed E-state index contributed by atoms with van der Waals surface area (Å²) in [4.78, 5) is 0. The zero-order valence-corrected chi connectivity index (χ0v) is 17.4. The Balaban J connectivity index is 1.40. The summed E-state index contributed by atoms with van der Waals surface area (Å²) in [6.07, 6.45) is 7.64. The van der Waals surface area contributed by atoms with Crippen molar-refractivity contribution < 1.29 is 13.5 Å². The molecule has 0 spiro atoms. The molecule has 2 aromatic carbocycles. The molecular weight excluding hydrogens is 366 g/mol. The van der Waals surface area contributed by atoms with Crippen LogP contribution in [0.3, 0.4) is 0 Å². The summed E-state index contributed by atoms with van der Waals surface area (Å²) in [5.74, 6) is 2.09. The molecule has 0 N–H and O–H groups in total. The molecule has 0 saturated heterocycles. The van der Waals surface area contributed by atoms with E-state index >= 15 is 0 Å². The zero-order chi connectivity index (χ0) is 20.3. The largest absolute Gasteiger partial charge is 0.429 e. The van der Waals surface area contributed by atoms with E-state index in [0.717, 1.165) is 5.92 Å². The summed E-state index contributed by atoms with van der Waals surface area (Å²) >= 11 is 0. The number of rotatable bonds is 5. The monoisotopic (exact) mass is 398 g/mol. The predicted octanol–water partition coefficient (Wildman–Crippen LogP) is 8.16. The topological polar surface area (TPSA) is 9.23 Å².